The van der Waals surface area contributed by atoms with E-state index in [1.54, 1.807) is 37.4 Å². The Morgan fingerprint density at radius 2 is 1.53 bits per heavy atom. The number of carbonyl (C=O) groups is 2. The van der Waals surface area contributed by atoms with Crippen LogP contribution in [0.1, 0.15) is 37.5 Å². The van der Waals surface area contributed by atoms with E-state index in [1.807, 2.05) is 64.1 Å². The van der Waals surface area contributed by atoms with E-state index in [0.29, 0.717) is 11.3 Å². The van der Waals surface area contributed by atoms with Crippen LogP contribution in [0.3, 0.4) is 0 Å². The maximum atomic E-state index is 14.6. The minimum atomic E-state index is -4.33. The first kappa shape index (κ1) is 35.8. The van der Waals surface area contributed by atoms with Crippen molar-refractivity contribution in [2.45, 2.75) is 57.1 Å². The maximum Gasteiger partial charge on any atom is 0.264 e. The van der Waals surface area contributed by atoms with Crippen molar-refractivity contribution in [1.29, 1.82) is 0 Å². The van der Waals surface area contributed by atoms with E-state index in [-0.39, 0.29) is 39.5 Å². The van der Waals surface area contributed by atoms with Gasteiger partial charge in [0.15, 0.2) is 0 Å². The average molecular weight is 697 g/mol. The van der Waals surface area contributed by atoms with Gasteiger partial charge in [-0.15, -0.1) is 0 Å². The third-order valence-corrected chi connectivity index (χ3v) is 9.65. The SMILES string of the molecule is COc1cccc(CN(C(=O)CN(c2cc(Cl)ccc2Cl)S(=O)(=O)c2ccc(C)cc2)[C@@H](Cc2ccccc2)C(=O)NC(C)(C)C)c1. The summed E-state index contributed by atoms with van der Waals surface area (Å²) in [5, 5.41) is 3.34. The molecule has 0 heterocycles. The Morgan fingerprint density at radius 3 is 2.17 bits per heavy atom. The third kappa shape index (κ3) is 9.50. The number of ether oxygens (including phenoxy) is 1. The Labute approximate surface area is 287 Å². The molecule has 0 aliphatic rings. The van der Waals surface area contributed by atoms with E-state index < -0.39 is 34.1 Å². The summed E-state index contributed by atoms with van der Waals surface area (Å²) >= 11 is 12.9. The lowest BCUT2D eigenvalue weighted by Gasteiger charge is -2.35. The van der Waals surface area contributed by atoms with E-state index in [0.717, 1.165) is 15.4 Å². The van der Waals surface area contributed by atoms with Gasteiger partial charge in [0.05, 0.1) is 22.7 Å². The number of anilines is 1. The number of rotatable bonds is 12. The molecule has 0 aliphatic carbocycles. The molecule has 0 unspecified atom stereocenters. The molecule has 47 heavy (non-hydrogen) atoms. The number of carbonyl (C=O) groups excluding carboxylic acids is 2. The van der Waals surface area contributed by atoms with Gasteiger partial charge in [-0.3, -0.25) is 13.9 Å². The topological polar surface area (TPSA) is 96.0 Å². The normalized spacial score (nSPS) is 12.2. The number of nitrogens with one attached hydrogen (secondary N) is 1. The van der Waals surface area contributed by atoms with Gasteiger partial charge in [0, 0.05) is 23.5 Å². The van der Waals surface area contributed by atoms with Crippen molar-refractivity contribution in [1.82, 2.24) is 10.2 Å². The van der Waals surface area contributed by atoms with Gasteiger partial charge in [0.25, 0.3) is 10.0 Å². The van der Waals surface area contributed by atoms with Gasteiger partial charge in [0.2, 0.25) is 11.8 Å². The van der Waals surface area contributed by atoms with E-state index in [4.69, 9.17) is 27.9 Å². The molecule has 1 atom stereocenters. The van der Waals surface area contributed by atoms with Gasteiger partial charge < -0.3 is 15.0 Å². The summed E-state index contributed by atoms with van der Waals surface area (Å²) < 4.78 is 34.9. The van der Waals surface area contributed by atoms with Crippen molar-refractivity contribution >= 4 is 50.7 Å². The van der Waals surface area contributed by atoms with Gasteiger partial charge in [-0.25, -0.2) is 8.42 Å². The van der Waals surface area contributed by atoms with Crippen molar-refractivity contribution in [3.63, 3.8) is 0 Å². The first-order valence-electron chi connectivity index (χ1n) is 15.0. The standard InChI is InChI=1S/C36H39Cl2N3O5S/c1-25-14-17-30(18-15-25)47(44,45)41(32-22-28(37)16-19-31(32)38)24-34(42)40(23-27-12-9-13-29(20-27)46-5)33(35(43)39-36(2,3)4)21-26-10-7-6-8-11-26/h6-20,22,33H,21,23-24H2,1-5H3,(H,39,43)/t33-/m0/s1. The molecular weight excluding hydrogens is 657 g/mol. The van der Waals surface area contributed by atoms with Crippen molar-refractivity contribution in [3.05, 3.63) is 124 Å². The second kappa shape index (κ2) is 15.2. The predicted molar refractivity (Wildman–Crippen MR) is 188 cm³/mol. The fourth-order valence-corrected chi connectivity index (χ4v) is 6.86. The number of benzene rings is 4. The largest absolute Gasteiger partial charge is 0.497 e. The summed E-state index contributed by atoms with van der Waals surface area (Å²) in [5.41, 5.74) is 1.81. The van der Waals surface area contributed by atoms with Crippen LogP contribution in [0.25, 0.3) is 0 Å². The van der Waals surface area contributed by atoms with Crippen LogP contribution in [0.15, 0.2) is 102 Å². The van der Waals surface area contributed by atoms with Crippen LogP contribution in [0.2, 0.25) is 10.0 Å². The number of methoxy groups -OCH3 is 1. The van der Waals surface area contributed by atoms with Gasteiger partial charge >= 0.3 is 0 Å². The van der Waals surface area contributed by atoms with Crippen LogP contribution in [0.4, 0.5) is 5.69 Å². The van der Waals surface area contributed by atoms with E-state index in [1.165, 1.54) is 35.2 Å². The molecule has 11 heteroatoms. The second-order valence-corrected chi connectivity index (χ2v) is 14.9. The molecule has 4 rings (SSSR count). The minimum Gasteiger partial charge on any atom is -0.497 e. The summed E-state index contributed by atoms with van der Waals surface area (Å²) in [6.45, 7) is 6.75. The highest BCUT2D eigenvalue weighted by molar-refractivity contribution is 7.92. The highest BCUT2D eigenvalue weighted by Crippen LogP contribution is 2.33. The van der Waals surface area contributed by atoms with Gasteiger partial charge in [-0.05, 0) is 81.3 Å². The van der Waals surface area contributed by atoms with Crippen LogP contribution in [-0.4, -0.2) is 50.4 Å². The molecule has 0 bridgehead atoms. The Bertz CT molecular complexity index is 1810. The fourth-order valence-electron chi connectivity index (χ4n) is 5.00. The first-order valence-corrected chi connectivity index (χ1v) is 17.2. The summed E-state index contributed by atoms with van der Waals surface area (Å²) in [4.78, 5) is 30.1. The maximum absolute atomic E-state index is 14.6. The lowest BCUT2D eigenvalue weighted by atomic mass is 10.0. The van der Waals surface area contributed by atoms with E-state index >= 15 is 0 Å². The zero-order valence-electron chi connectivity index (χ0n) is 27.0. The molecule has 0 saturated heterocycles. The number of sulfonamides is 1. The zero-order valence-corrected chi connectivity index (χ0v) is 29.4. The van der Waals surface area contributed by atoms with Crippen LogP contribution < -0.4 is 14.4 Å². The van der Waals surface area contributed by atoms with Crippen LogP contribution >= 0.6 is 23.2 Å². The average Bonchev–Trinajstić information content (AvgIpc) is 3.02. The van der Waals surface area contributed by atoms with Crippen molar-refractivity contribution in [3.8, 4) is 5.75 Å². The monoisotopic (exact) mass is 695 g/mol. The molecule has 0 fully saturated rings. The quantitative estimate of drug-likeness (QED) is 0.171. The summed E-state index contributed by atoms with van der Waals surface area (Å²) in [5.74, 6) is -0.432. The second-order valence-electron chi connectivity index (χ2n) is 12.2. The van der Waals surface area contributed by atoms with Crippen LogP contribution in [-0.2, 0) is 32.6 Å². The zero-order chi connectivity index (χ0) is 34.4. The highest BCUT2D eigenvalue weighted by atomic mass is 35.5. The lowest BCUT2D eigenvalue weighted by molar-refractivity contribution is -0.140. The van der Waals surface area contributed by atoms with Crippen LogP contribution in [0, 0.1) is 6.92 Å². The molecule has 0 radical (unpaired) electrons. The Hall–Kier alpha value is -4.05. The van der Waals surface area contributed by atoms with Gasteiger partial charge in [-0.1, -0.05) is 83.4 Å². The first-order chi connectivity index (χ1) is 22.2. The van der Waals surface area contributed by atoms with Crippen LogP contribution in [0.5, 0.6) is 5.75 Å². The smallest absolute Gasteiger partial charge is 0.264 e. The number of amides is 2. The molecule has 2 amide bonds. The molecule has 0 spiro atoms. The van der Waals surface area contributed by atoms with E-state index in [2.05, 4.69) is 5.32 Å². The lowest BCUT2D eigenvalue weighted by Crippen LogP contribution is -2.56. The Balaban J connectivity index is 1.86. The van der Waals surface area contributed by atoms with Gasteiger partial charge in [0.1, 0.15) is 18.3 Å². The molecular formula is C36H39Cl2N3O5S. The molecule has 0 saturated carbocycles. The van der Waals surface area contributed by atoms with Crippen molar-refractivity contribution in [2.24, 2.45) is 0 Å². The summed E-state index contributed by atoms with van der Waals surface area (Å²) in [7, 11) is -2.79. The van der Waals surface area contributed by atoms with Gasteiger partial charge in [-0.2, -0.15) is 0 Å². The molecule has 0 aliphatic heterocycles. The van der Waals surface area contributed by atoms with Crippen molar-refractivity contribution < 1.29 is 22.7 Å². The number of nitrogens with zero attached hydrogens (tertiary/aromatic N) is 2. The molecule has 4 aromatic rings. The van der Waals surface area contributed by atoms with Crippen molar-refractivity contribution in [2.75, 3.05) is 18.0 Å². The number of aryl methyl sites for hydroxylation is 1. The summed E-state index contributed by atoms with van der Waals surface area (Å²) in [6, 6.07) is 26.2. The Morgan fingerprint density at radius 1 is 0.872 bits per heavy atom. The number of hydrogen-bond acceptors (Lipinski definition) is 5. The Kier molecular flexibility index (Phi) is 11.6. The predicted octanol–water partition coefficient (Wildman–Crippen LogP) is 7.06. The number of halogens is 2. The fraction of sp³-hybridized carbons (Fsp3) is 0.278. The minimum absolute atomic E-state index is 0.00715. The number of hydrogen-bond donors (Lipinski definition) is 1. The molecule has 8 nitrogen and oxygen atoms in total. The molecule has 4 aromatic carbocycles. The highest BCUT2D eigenvalue weighted by Gasteiger charge is 2.36. The molecule has 0 aromatic heterocycles. The molecule has 1 N–H and O–H groups in total. The molecule has 248 valence electrons. The third-order valence-electron chi connectivity index (χ3n) is 7.32. The summed E-state index contributed by atoms with van der Waals surface area (Å²) in [6.07, 6.45) is 0.182. The van der Waals surface area contributed by atoms with E-state index in [9.17, 15) is 18.0 Å².